The number of hydrogen-bond acceptors (Lipinski definition) is 4. The molecule has 2 rings (SSSR count). The normalized spacial score (nSPS) is 10.3. The summed E-state index contributed by atoms with van der Waals surface area (Å²) >= 11 is 0. The number of benzene rings is 1. The van der Waals surface area contributed by atoms with Crippen LogP contribution in [-0.4, -0.2) is 18.1 Å². The Morgan fingerprint density at radius 1 is 1.39 bits per heavy atom. The molecule has 5 heteroatoms. The molecule has 0 aliphatic heterocycles. The van der Waals surface area contributed by atoms with E-state index >= 15 is 0 Å². The summed E-state index contributed by atoms with van der Waals surface area (Å²) in [7, 11) is 1.61. The molecule has 1 heterocycles. The highest BCUT2D eigenvalue weighted by molar-refractivity contribution is 6.03. The summed E-state index contributed by atoms with van der Waals surface area (Å²) in [6.07, 6.45) is 0. The smallest absolute Gasteiger partial charge is 0.293 e. The molecule has 5 nitrogen and oxygen atoms in total. The average molecular weight is 246 g/mol. The molecule has 3 N–H and O–H groups in total. The maximum Gasteiger partial charge on any atom is 0.293 e. The van der Waals surface area contributed by atoms with Gasteiger partial charge in [0.1, 0.15) is 11.5 Å². The Morgan fingerprint density at radius 3 is 2.78 bits per heavy atom. The Balaban J connectivity index is 2.23. The molecule has 1 aromatic heterocycles. The molecule has 0 aliphatic rings. The van der Waals surface area contributed by atoms with Crippen molar-refractivity contribution in [2.24, 2.45) is 5.73 Å². The topological polar surface area (TPSA) is 79.7 Å². The van der Waals surface area contributed by atoms with Gasteiger partial charge < -0.3 is 20.2 Å². The number of carbonyl (C=O) groups excluding carboxylic acids is 1. The van der Waals surface area contributed by atoms with Gasteiger partial charge in [-0.25, -0.2) is 0 Å². The Hall–Kier alpha value is -2.27. The van der Waals surface area contributed by atoms with Crippen LogP contribution in [0.2, 0.25) is 0 Å². The van der Waals surface area contributed by atoms with Crippen LogP contribution in [0.25, 0.3) is 0 Å². The summed E-state index contributed by atoms with van der Waals surface area (Å²) < 4.78 is 5.29. The van der Waals surface area contributed by atoms with E-state index in [2.05, 4.69) is 0 Å². The molecule has 1 aromatic carbocycles. The van der Waals surface area contributed by atoms with E-state index in [9.17, 15) is 9.90 Å². The van der Waals surface area contributed by atoms with E-state index < -0.39 is 0 Å². The molecular formula is C13H14N2O3. The van der Waals surface area contributed by atoms with Gasteiger partial charge in [0.2, 0.25) is 0 Å². The zero-order chi connectivity index (χ0) is 13.1. The lowest BCUT2D eigenvalue weighted by molar-refractivity contribution is 0.0965. The first-order chi connectivity index (χ1) is 8.61. The second-order valence-corrected chi connectivity index (χ2v) is 3.85. The van der Waals surface area contributed by atoms with E-state index in [0.717, 1.165) is 0 Å². The molecule has 1 amide bonds. The highest BCUT2D eigenvalue weighted by atomic mass is 16.4. The number of carbonyl (C=O) groups is 1. The zero-order valence-corrected chi connectivity index (χ0v) is 9.96. The second-order valence-electron chi connectivity index (χ2n) is 3.85. The van der Waals surface area contributed by atoms with Crippen LogP contribution in [0.1, 0.15) is 16.3 Å². The second kappa shape index (κ2) is 4.93. The predicted octanol–water partition coefficient (Wildman–Crippen LogP) is 1.72. The number of nitrogens with two attached hydrogens (primary N) is 1. The zero-order valence-electron chi connectivity index (χ0n) is 9.96. The summed E-state index contributed by atoms with van der Waals surface area (Å²) in [6.45, 7) is 0.253. The number of amides is 1. The molecule has 0 spiro atoms. The largest absolute Gasteiger partial charge is 0.508 e. The van der Waals surface area contributed by atoms with Crippen LogP contribution in [0.15, 0.2) is 40.8 Å². The van der Waals surface area contributed by atoms with Crippen molar-refractivity contribution in [3.05, 3.63) is 47.9 Å². The van der Waals surface area contributed by atoms with Gasteiger partial charge in [0.05, 0.1) is 6.54 Å². The number of furan rings is 1. The van der Waals surface area contributed by atoms with Gasteiger partial charge in [-0.05, 0) is 24.3 Å². The molecule has 0 aliphatic carbocycles. The maximum absolute atomic E-state index is 12.1. The molecule has 0 saturated heterocycles. The molecule has 0 bridgehead atoms. The van der Waals surface area contributed by atoms with Crippen LogP contribution >= 0.6 is 0 Å². The van der Waals surface area contributed by atoms with E-state index in [4.69, 9.17) is 10.2 Å². The quantitative estimate of drug-likeness (QED) is 0.864. The van der Waals surface area contributed by atoms with Gasteiger partial charge in [0, 0.05) is 18.8 Å². The van der Waals surface area contributed by atoms with Crippen molar-refractivity contribution >= 4 is 11.6 Å². The van der Waals surface area contributed by atoms with Gasteiger partial charge in [-0.15, -0.1) is 0 Å². The SMILES string of the molecule is CN(C(=O)c1ccc(CN)o1)c1cccc(O)c1. The van der Waals surface area contributed by atoms with Crippen molar-refractivity contribution < 1.29 is 14.3 Å². The number of nitrogens with zero attached hydrogens (tertiary/aromatic N) is 1. The fourth-order valence-electron chi connectivity index (χ4n) is 1.59. The minimum Gasteiger partial charge on any atom is -0.508 e. The van der Waals surface area contributed by atoms with E-state index in [0.29, 0.717) is 11.4 Å². The number of rotatable bonds is 3. The highest BCUT2D eigenvalue weighted by Gasteiger charge is 2.17. The third kappa shape index (κ3) is 2.36. The van der Waals surface area contributed by atoms with Crippen LogP contribution in [0.4, 0.5) is 5.69 Å². The maximum atomic E-state index is 12.1. The van der Waals surface area contributed by atoms with Crippen molar-refractivity contribution in [3.8, 4) is 5.75 Å². The van der Waals surface area contributed by atoms with Crippen molar-refractivity contribution in [2.75, 3.05) is 11.9 Å². The molecule has 0 atom stereocenters. The summed E-state index contributed by atoms with van der Waals surface area (Å²) in [6, 6.07) is 9.70. The highest BCUT2D eigenvalue weighted by Crippen LogP contribution is 2.21. The number of phenols is 1. The van der Waals surface area contributed by atoms with Gasteiger partial charge in [-0.2, -0.15) is 0 Å². The standard InChI is InChI=1S/C13H14N2O3/c1-15(9-3-2-4-10(16)7-9)13(17)12-6-5-11(8-14)18-12/h2-7,16H,8,14H2,1H3. The van der Waals surface area contributed by atoms with Crippen LogP contribution in [-0.2, 0) is 6.54 Å². The van der Waals surface area contributed by atoms with Crippen molar-refractivity contribution in [1.82, 2.24) is 0 Å². The van der Waals surface area contributed by atoms with Gasteiger partial charge >= 0.3 is 0 Å². The number of aromatic hydroxyl groups is 1. The molecule has 94 valence electrons. The van der Waals surface area contributed by atoms with Gasteiger partial charge in [0.25, 0.3) is 5.91 Å². The monoisotopic (exact) mass is 246 g/mol. The van der Waals surface area contributed by atoms with Crippen molar-refractivity contribution in [1.29, 1.82) is 0 Å². The average Bonchev–Trinajstić information content (AvgIpc) is 2.85. The van der Waals surface area contributed by atoms with Crippen LogP contribution in [0.3, 0.4) is 0 Å². The van der Waals surface area contributed by atoms with Gasteiger partial charge in [0.15, 0.2) is 5.76 Å². The Morgan fingerprint density at radius 2 is 2.17 bits per heavy atom. The van der Waals surface area contributed by atoms with E-state index in [-0.39, 0.29) is 24.0 Å². The molecule has 2 aromatic rings. The predicted molar refractivity (Wildman–Crippen MR) is 67.4 cm³/mol. The number of anilines is 1. The first kappa shape index (κ1) is 12.2. The fraction of sp³-hybridized carbons (Fsp3) is 0.154. The van der Waals surface area contributed by atoms with Gasteiger partial charge in [-0.1, -0.05) is 6.07 Å². The first-order valence-electron chi connectivity index (χ1n) is 5.47. The molecule has 0 fully saturated rings. The lowest BCUT2D eigenvalue weighted by atomic mass is 10.2. The third-order valence-electron chi connectivity index (χ3n) is 2.60. The summed E-state index contributed by atoms with van der Waals surface area (Å²) in [5.41, 5.74) is 6.01. The fourth-order valence-corrected chi connectivity index (χ4v) is 1.59. The van der Waals surface area contributed by atoms with Crippen molar-refractivity contribution in [3.63, 3.8) is 0 Å². The molecule has 18 heavy (non-hydrogen) atoms. The first-order valence-corrected chi connectivity index (χ1v) is 5.47. The summed E-state index contributed by atoms with van der Waals surface area (Å²) in [5, 5.41) is 9.38. The minimum atomic E-state index is -0.291. The Kier molecular flexibility index (Phi) is 3.34. The molecule has 0 radical (unpaired) electrons. The minimum absolute atomic E-state index is 0.106. The van der Waals surface area contributed by atoms with Crippen LogP contribution in [0, 0.1) is 0 Å². The molecular weight excluding hydrogens is 232 g/mol. The van der Waals surface area contributed by atoms with Crippen LogP contribution < -0.4 is 10.6 Å². The lowest BCUT2D eigenvalue weighted by Crippen LogP contribution is -2.25. The lowest BCUT2D eigenvalue weighted by Gasteiger charge is -2.15. The summed E-state index contributed by atoms with van der Waals surface area (Å²) in [5.74, 6) is 0.596. The van der Waals surface area contributed by atoms with E-state index in [1.165, 1.54) is 11.0 Å². The summed E-state index contributed by atoms with van der Waals surface area (Å²) in [4.78, 5) is 13.5. The third-order valence-corrected chi connectivity index (χ3v) is 2.60. The molecule has 0 unspecified atom stereocenters. The van der Waals surface area contributed by atoms with E-state index in [1.54, 1.807) is 37.4 Å². The van der Waals surface area contributed by atoms with E-state index in [1.807, 2.05) is 0 Å². The van der Waals surface area contributed by atoms with Gasteiger partial charge in [-0.3, -0.25) is 4.79 Å². The number of hydrogen-bond donors (Lipinski definition) is 2. The Labute approximate surface area is 104 Å². The molecule has 0 saturated carbocycles. The van der Waals surface area contributed by atoms with Crippen LogP contribution in [0.5, 0.6) is 5.75 Å². The Bertz CT molecular complexity index is 563. The number of phenolic OH excluding ortho intramolecular Hbond substituents is 1. The van der Waals surface area contributed by atoms with Crippen molar-refractivity contribution in [2.45, 2.75) is 6.54 Å².